The Kier molecular flexibility index (Phi) is 5.96. The van der Waals surface area contributed by atoms with Crippen LogP contribution in [0.1, 0.15) is 21.6 Å². The SMILES string of the molecule is O=C(NN=Cc1ccccc1OCc1ccccc1Cl)c1ccccn1. The molecule has 3 rings (SSSR count). The van der Waals surface area contributed by atoms with Gasteiger partial charge in [0.05, 0.1) is 6.21 Å². The van der Waals surface area contributed by atoms with Gasteiger partial charge < -0.3 is 4.74 Å². The van der Waals surface area contributed by atoms with Crippen LogP contribution in [-0.2, 0) is 6.61 Å². The molecule has 1 aromatic heterocycles. The highest BCUT2D eigenvalue weighted by atomic mass is 35.5. The lowest BCUT2D eigenvalue weighted by Crippen LogP contribution is -2.18. The molecule has 1 N–H and O–H groups in total. The van der Waals surface area contributed by atoms with E-state index in [1.807, 2.05) is 48.5 Å². The van der Waals surface area contributed by atoms with E-state index in [1.54, 1.807) is 24.4 Å². The molecule has 0 atom stereocenters. The first-order valence-corrected chi connectivity index (χ1v) is 8.31. The van der Waals surface area contributed by atoms with Crippen molar-refractivity contribution < 1.29 is 9.53 Å². The van der Waals surface area contributed by atoms with Gasteiger partial charge in [-0.15, -0.1) is 0 Å². The van der Waals surface area contributed by atoms with Crippen molar-refractivity contribution in [3.05, 3.63) is 94.8 Å². The fraction of sp³-hybridized carbons (Fsp3) is 0.0500. The van der Waals surface area contributed by atoms with E-state index in [1.165, 1.54) is 6.21 Å². The Labute approximate surface area is 156 Å². The maximum absolute atomic E-state index is 11.9. The molecule has 2 aromatic carbocycles. The Morgan fingerprint density at radius 3 is 2.65 bits per heavy atom. The first kappa shape index (κ1) is 17.6. The summed E-state index contributed by atoms with van der Waals surface area (Å²) in [4.78, 5) is 15.9. The molecule has 0 aliphatic heterocycles. The Morgan fingerprint density at radius 1 is 1.08 bits per heavy atom. The smallest absolute Gasteiger partial charge is 0.289 e. The molecule has 26 heavy (non-hydrogen) atoms. The average molecular weight is 366 g/mol. The molecule has 0 saturated heterocycles. The van der Waals surface area contributed by atoms with E-state index in [9.17, 15) is 4.79 Å². The lowest BCUT2D eigenvalue weighted by atomic mass is 10.2. The zero-order chi connectivity index (χ0) is 18.2. The number of ether oxygens (including phenoxy) is 1. The first-order valence-electron chi connectivity index (χ1n) is 7.94. The Balaban J connectivity index is 1.65. The molecular weight excluding hydrogens is 350 g/mol. The number of carbonyl (C=O) groups is 1. The summed E-state index contributed by atoms with van der Waals surface area (Å²) in [5.41, 5.74) is 4.38. The van der Waals surface area contributed by atoms with Crippen molar-refractivity contribution in [2.45, 2.75) is 6.61 Å². The quantitative estimate of drug-likeness (QED) is 0.529. The van der Waals surface area contributed by atoms with Gasteiger partial charge in [0.1, 0.15) is 18.1 Å². The molecule has 3 aromatic rings. The van der Waals surface area contributed by atoms with E-state index >= 15 is 0 Å². The summed E-state index contributed by atoms with van der Waals surface area (Å²) in [5.74, 6) is 0.263. The molecule has 0 bridgehead atoms. The van der Waals surface area contributed by atoms with Crippen molar-refractivity contribution in [3.8, 4) is 5.75 Å². The summed E-state index contributed by atoms with van der Waals surface area (Å²) < 4.78 is 5.85. The van der Waals surface area contributed by atoms with Crippen LogP contribution < -0.4 is 10.2 Å². The number of amides is 1. The van der Waals surface area contributed by atoms with Crippen LogP contribution >= 0.6 is 11.6 Å². The van der Waals surface area contributed by atoms with Crippen LogP contribution in [0.5, 0.6) is 5.75 Å². The molecule has 0 saturated carbocycles. The van der Waals surface area contributed by atoms with Crippen molar-refractivity contribution >= 4 is 23.7 Å². The molecule has 0 radical (unpaired) electrons. The number of pyridine rings is 1. The molecule has 0 aliphatic rings. The number of hydrogen-bond acceptors (Lipinski definition) is 4. The van der Waals surface area contributed by atoms with Gasteiger partial charge >= 0.3 is 0 Å². The molecule has 6 heteroatoms. The van der Waals surface area contributed by atoms with E-state index in [0.29, 0.717) is 23.1 Å². The van der Waals surface area contributed by atoms with E-state index in [2.05, 4.69) is 15.5 Å². The fourth-order valence-corrected chi connectivity index (χ4v) is 2.39. The van der Waals surface area contributed by atoms with Crippen LogP contribution in [0.25, 0.3) is 0 Å². The lowest BCUT2D eigenvalue weighted by Gasteiger charge is -2.10. The normalized spacial score (nSPS) is 10.7. The second-order valence-electron chi connectivity index (χ2n) is 5.33. The number of rotatable bonds is 6. The minimum absolute atomic E-state index is 0.299. The molecular formula is C20H16ClN3O2. The predicted molar refractivity (Wildman–Crippen MR) is 102 cm³/mol. The Morgan fingerprint density at radius 2 is 1.85 bits per heavy atom. The van der Waals surface area contributed by atoms with Gasteiger partial charge in [0.15, 0.2) is 0 Å². The number of nitrogens with zero attached hydrogens (tertiary/aromatic N) is 2. The van der Waals surface area contributed by atoms with Gasteiger partial charge in [-0.1, -0.05) is 48.0 Å². The summed E-state index contributed by atoms with van der Waals surface area (Å²) in [5, 5.41) is 4.63. The minimum atomic E-state index is -0.378. The highest BCUT2D eigenvalue weighted by molar-refractivity contribution is 6.31. The number of carbonyl (C=O) groups excluding carboxylic acids is 1. The standard InChI is InChI=1S/C20H16ClN3O2/c21-17-9-3-1-8-16(17)14-26-19-11-4-2-7-15(19)13-23-24-20(25)18-10-5-6-12-22-18/h1-13H,14H2,(H,24,25). The predicted octanol–water partition coefficient (Wildman–Crippen LogP) is 4.08. The first-order chi connectivity index (χ1) is 12.7. The van der Waals surface area contributed by atoms with Gasteiger partial charge in [-0.3, -0.25) is 9.78 Å². The molecule has 130 valence electrons. The van der Waals surface area contributed by atoms with Gasteiger partial charge in [0, 0.05) is 22.3 Å². The zero-order valence-corrected chi connectivity index (χ0v) is 14.6. The van der Waals surface area contributed by atoms with Crippen molar-refractivity contribution in [3.63, 3.8) is 0 Å². The van der Waals surface area contributed by atoms with E-state index < -0.39 is 0 Å². The number of benzene rings is 2. The molecule has 0 unspecified atom stereocenters. The zero-order valence-electron chi connectivity index (χ0n) is 13.8. The highest BCUT2D eigenvalue weighted by Crippen LogP contribution is 2.20. The van der Waals surface area contributed by atoms with Gasteiger partial charge in [-0.2, -0.15) is 5.10 Å². The number of aromatic nitrogens is 1. The van der Waals surface area contributed by atoms with Crippen molar-refractivity contribution in [2.75, 3.05) is 0 Å². The number of halogens is 1. The third kappa shape index (κ3) is 4.68. The Hall–Kier alpha value is -3.18. The third-order valence-corrected chi connectivity index (χ3v) is 3.90. The third-order valence-electron chi connectivity index (χ3n) is 3.53. The Bertz CT molecular complexity index is 914. The second kappa shape index (κ2) is 8.78. The largest absolute Gasteiger partial charge is 0.488 e. The molecule has 1 heterocycles. The van der Waals surface area contributed by atoms with Crippen LogP contribution in [0.2, 0.25) is 5.02 Å². The van der Waals surface area contributed by atoms with Gasteiger partial charge in [0.25, 0.3) is 5.91 Å². The van der Waals surface area contributed by atoms with Crippen LogP contribution in [-0.4, -0.2) is 17.1 Å². The number of para-hydroxylation sites is 1. The maximum atomic E-state index is 11.9. The maximum Gasteiger partial charge on any atom is 0.289 e. The molecule has 5 nitrogen and oxygen atoms in total. The van der Waals surface area contributed by atoms with Crippen molar-refractivity contribution in [2.24, 2.45) is 5.10 Å². The van der Waals surface area contributed by atoms with Gasteiger partial charge in [-0.25, -0.2) is 5.43 Å². The lowest BCUT2D eigenvalue weighted by molar-refractivity contribution is 0.0950. The number of nitrogens with one attached hydrogen (secondary N) is 1. The minimum Gasteiger partial charge on any atom is -0.488 e. The molecule has 0 aliphatic carbocycles. The van der Waals surface area contributed by atoms with Gasteiger partial charge in [-0.05, 0) is 30.3 Å². The topological polar surface area (TPSA) is 63.6 Å². The van der Waals surface area contributed by atoms with Crippen LogP contribution in [0, 0.1) is 0 Å². The van der Waals surface area contributed by atoms with Gasteiger partial charge in [0.2, 0.25) is 0 Å². The van der Waals surface area contributed by atoms with Crippen molar-refractivity contribution in [1.82, 2.24) is 10.4 Å². The molecule has 0 fully saturated rings. The van der Waals surface area contributed by atoms with Crippen LogP contribution in [0.3, 0.4) is 0 Å². The summed E-state index contributed by atoms with van der Waals surface area (Å²) in [6.45, 7) is 0.338. The molecule has 1 amide bonds. The van der Waals surface area contributed by atoms with Crippen LogP contribution in [0.15, 0.2) is 78.0 Å². The second-order valence-corrected chi connectivity index (χ2v) is 5.74. The highest BCUT2D eigenvalue weighted by Gasteiger charge is 2.06. The fourth-order valence-electron chi connectivity index (χ4n) is 2.20. The summed E-state index contributed by atoms with van der Waals surface area (Å²) >= 11 is 6.15. The van der Waals surface area contributed by atoms with E-state index in [-0.39, 0.29) is 5.91 Å². The monoisotopic (exact) mass is 365 g/mol. The van der Waals surface area contributed by atoms with E-state index in [4.69, 9.17) is 16.3 Å². The van der Waals surface area contributed by atoms with E-state index in [0.717, 1.165) is 11.1 Å². The van der Waals surface area contributed by atoms with Crippen LogP contribution in [0.4, 0.5) is 0 Å². The van der Waals surface area contributed by atoms with Crippen molar-refractivity contribution in [1.29, 1.82) is 0 Å². The summed E-state index contributed by atoms with van der Waals surface area (Å²) in [7, 11) is 0. The number of hydrazone groups is 1. The molecule has 0 spiro atoms. The average Bonchev–Trinajstić information content (AvgIpc) is 2.69. The summed E-state index contributed by atoms with van der Waals surface area (Å²) in [6, 6.07) is 20.0. The summed E-state index contributed by atoms with van der Waals surface area (Å²) in [6.07, 6.45) is 3.08. The number of hydrogen-bond donors (Lipinski definition) is 1.